The van der Waals surface area contributed by atoms with Crippen LogP contribution < -0.4 is 0 Å². The van der Waals surface area contributed by atoms with Crippen LogP contribution in [0.15, 0.2) is 12.4 Å². The molecule has 1 atom stereocenters. The average molecular weight is 239 g/mol. The van der Waals surface area contributed by atoms with E-state index >= 15 is 0 Å². The van der Waals surface area contributed by atoms with Gasteiger partial charge in [-0.3, -0.25) is 13.6 Å². The van der Waals surface area contributed by atoms with Crippen LogP contribution in [-0.4, -0.2) is 53.7 Å². The molecule has 0 aromatic heterocycles. The van der Waals surface area contributed by atoms with Crippen molar-refractivity contribution in [1.82, 2.24) is 4.90 Å². The molecule has 1 rings (SSSR count). The molecule has 1 heterocycles. The minimum absolute atomic E-state index is 1.06. The summed E-state index contributed by atoms with van der Waals surface area (Å²) in [5.41, 5.74) is 0. The lowest BCUT2D eigenvalue weighted by Crippen LogP contribution is -2.40. The Labute approximate surface area is 91.0 Å². The van der Waals surface area contributed by atoms with Crippen LogP contribution in [0.3, 0.4) is 0 Å². The van der Waals surface area contributed by atoms with Crippen LogP contribution in [-0.2, 0) is 10.4 Å². The van der Waals surface area contributed by atoms with E-state index in [4.69, 9.17) is 17.5 Å². The Morgan fingerprint density at radius 3 is 2.07 bits per heavy atom. The molecule has 0 saturated carbocycles. The number of rotatable bonds is 2. The minimum Gasteiger partial charge on any atom is -0.326 e. The first-order valence-electron chi connectivity index (χ1n) is 4.67. The number of hydrogen-bond donors (Lipinski definition) is 2. The van der Waals surface area contributed by atoms with Crippen molar-refractivity contribution < 1.29 is 22.0 Å². The summed E-state index contributed by atoms with van der Waals surface area (Å²) < 4.78 is 32.6. The van der Waals surface area contributed by atoms with Gasteiger partial charge in [0, 0.05) is 6.54 Å². The highest BCUT2D eigenvalue weighted by Gasteiger charge is 2.23. The van der Waals surface area contributed by atoms with Crippen molar-refractivity contribution in [3.63, 3.8) is 0 Å². The molecular formula is C8H19N2O4S+. The molecule has 0 aromatic rings. The molecule has 0 aromatic carbocycles. The first-order chi connectivity index (χ1) is 6.70. The lowest BCUT2D eigenvalue weighted by molar-refractivity contribution is -0.859. The molecule has 0 bridgehead atoms. The van der Waals surface area contributed by atoms with Gasteiger partial charge in [-0.05, 0) is 13.8 Å². The Balaban J connectivity index is 0.000000336. The predicted octanol–water partition coefficient (Wildman–Crippen LogP) is 0.564. The predicted molar refractivity (Wildman–Crippen MR) is 57.3 cm³/mol. The average Bonchev–Trinajstić information content (AvgIpc) is 2.46. The quantitative estimate of drug-likeness (QED) is 0.544. The van der Waals surface area contributed by atoms with Crippen molar-refractivity contribution >= 4 is 10.4 Å². The zero-order valence-electron chi connectivity index (χ0n) is 9.29. The lowest BCUT2D eigenvalue weighted by Gasteiger charge is -2.26. The summed E-state index contributed by atoms with van der Waals surface area (Å²) in [7, 11) is -2.41. The van der Waals surface area contributed by atoms with Crippen molar-refractivity contribution in [1.29, 1.82) is 0 Å². The fourth-order valence-electron chi connectivity index (χ4n) is 1.18. The van der Waals surface area contributed by atoms with Crippen LogP contribution in [0, 0.1) is 0 Å². The SMILES string of the molecule is CCN1C=C[N+](C)(CC)C1.O=S(=O)(O)O. The van der Waals surface area contributed by atoms with Crippen LogP contribution in [0.1, 0.15) is 13.8 Å². The second kappa shape index (κ2) is 5.45. The normalized spacial score (nSPS) is 25.0. The van der Waals surface area contributed by atoms with Gasteiger partial charge >= 0.3 is 10.4 Å². The Morgan fingerprint density at radius 2 is 1.87 bits per heavy atom. The van der Waals surface area contributed by atoms with Crippen molar-refractivity contribution in [3.05, 3.63) is 12.4 Å². The number of quaternary nitrogens is 1. The summed E-state index contributed by atoms with van der Waals surface area (Å²) in [5, 5.41) is 0. The lowest BCUT2D eigenvalue weighted by atomic mass is 10.5. The van der Waals surface area contributed by atoms with Gasteiger partial charge in [0.2, 0.25) is 0 Å². The zero-order chi connectivity index (χ0) is 12.1. The Morgan fingerprint density at radius 1 is 1.40 bits per heavy atom. The Bertz CT molecular complexity index is 307. The first-order valence-corrected chi connectivity index (χ1v) is 6.07. The van der Waals surface area contributed by atoms with Gasteiger partial charge in [-0.25, -0.2) is 0 Å². The van der Waals surface area contributed by atoms with Crippen molar-refractivity contribution in [2.24, 2.45) is 0 Å². The van der Waals surface area contributed by atoms with Crippen LogP contribution in [0.25, 0.3) is 0 Å². The van der Waals surface area contributed by atoms with Crippen molar-refractivity contribution in [3.8, 4) is 0 Å². The minimum atomic E-state index is -4.67. The summed E-state index contributed by atoms with van der Waals surface area (Å²) in [5.74, 6) is 0. The molecule has 1 aliphatic rings. The Kier molecular flexibility index (Phi) is 5.22. The second-order valence-corrected chi connectivity index (χ2v) is 4.48. The summed E-state index contributed by atoms with van der Waals surface area (Å²) in [6, 6.07) is 0. The number of nitrogens with zero attached hydrogens (tertiary/aromatic N) is 2. The molecule has 0 fully saturated rings. The van der Waals surface area contributed by atoms with E-state index in [2.05, 4.69) is 38.2 Å². The molecule has 1 unspecified atom stereocenters. The van der Waals surface area contributed by atoms with E-state index in [-0.39, 0.29) is 0 Å². The van der Waals surface area contributed by atoms with Gasteiger partial charge in [0.05, 0.1) is 19.8 Å². The molecule has 2 N–H and O–H groups in total. The van der Waals surface area contributed by atoms with Gasteiger partial charge in [-0.2, -0.15) is 8.42 Å². The largest absolute Gasteiger partial charge is 0.394 e. The maximum Gasteiger partial charge on any atom is 0.394 e. The summed E-state index contributed by atoms with van der Waals surface area (Å²) in [6.07, 6.45) is 4.47. The monoisotopic (exact) mass is 239 g/mol. The fourth-order valence-corrected chi connectivity index (χ4v) is 1.18. The van der Waals surface area contributed by atoms with Gasteiger partial charge in [-0.15, -0.1) is 0 Å². The first kappa shape index (κ1) is 14.4. The third kappa shape index (κ3) is 7.32. The van der Waals surface area contributed by atoms with Crippen molar-refractivity contribution in [2.75, 3.05) is 26.8 Å². The van der Waals surface area contributed by atoms with Gasteiger partial charge < -0.3 is 4.90 Å². The van der Waals surface area contributed by atoms with Crippen LogP contribution in [0.5, 0.6) is 0 Å². The maximum absolute atomic E-state index is 8.74. The molecule has 0 amide bonds. The molecule has 0 spiro atoms. The standard InChI is InChI=1S/C8H17N2.H2O4S/c1-4-9-6-7-10(3,5-2)8-9;1-5(2,3)4/h6-7H,4-5,8H2,1-3H3;(H2,1,2,3,4)/q+1;. The molecular weight excluding hydrogens is 220 g/mol. The van der Waals surface area contributed by atoms with Gasteiger partial charge in [-0.1, -0.05) is 0 Å². The smallest absolute Gasteiger partial charge is 0.326 e. The van der Waals surface area contributed by atoms with Crippen LogP contribution in [0.2, 0.25) is 0 Å². The molecule has 7 heteroatoms. The molecule has 0 aliphatic carbocycles. The topological polar surface area (TPSA) is 77.8 Å². The molecule has 1 aliphatic heterocycles. The summed E-state index contributed by atoms with van der Waals surface area (Å²) in [6.45, 7) is 7.88. The summed E-state index contributed by atoms with van der Waals surface area (Å²) in [4.78, 5) is 2.34. The van der Waals surface area contributed by atoms with Crippen LogP contribution >= 0.6 is 0 Å². The molecule has 0 saturated heterocycles. The summed E-state index contributed by atoms with van der Waals surface area (Å²) >= 11 is 0. The Hall–Kier alpha value is -0.630. The zero-order valence-corrected chi connectivity index (χ0v) is 10.1. The molecule has 15 heavy (non-hydrogen) atoms. The molecule has 90 valence electrons. The molecule has 6 nitrogen and oxygen atoms in total. The van der Waals surface area contributed by atoms with Crippen LogP contribution in [0.4, 0.5) is 0 Å². The van der Waals surface area contributed by atoms with E-state index in [0.717, 1.165) is 17.7 Å². The maximum atomic E-state index is 8.74. The highest BCUT2D eigenvalue weighted by Crippen LogP contribution is 2.13. The van der Waals surface area contributed by atoms with E-state index < -0.39 is 10.4 Å². The molecule has 0 radical (unpaired) electrons. The van der Waals surface area contributed by atoms with Crippen molar-refractivity contribution in [2.45, 2.75) is 13.8 Å². The van der Waals surface area contributed by atoms with E-state index in [1.165, 1.54) is 6.54 Å². The third-order valence-electron chi connectivity index (χ3n) is 2.27. The highest BCUT2D eigenvalue weighted by molar-refractivity contribution is 7.79. The van der Waals surface area contributed by atoms with Gasteiger partial charge in [0.25, 0.3) is 0 Å². The van der Waals surface area contributed by atoms with Gasteiger partial charge in [0.1, 0.15) is 6.20 Å². The third-order valence-corrected chi connectivity index (χ3v) is 2.27. The van der Waals surface area contributed by atoms with E-state index in [0.29, 0.717) is 0 Å². The van der Waals surface area contributed by atoms with E-state index in [1.807, 2.05) is 0 Å². The van der Waals surface area contributed by atoms with E-state index in [9.17, 15) is 0 Å². The highest BCUT2D eigenvalue weighted by atomic mass is 32.3. The second-order valence-electron chi connectivity index (χ2n) is 3.59. The fraction of sp³-hybridized carbons (Fsp3) is 0.750. The number of hydrogen-bond acceptors (Lipinski definition) is 3. The van der Waals surface area contributed by atoms with E-state index in [1.54, 1.807) is 0 Å². The van der Waals surface area contributed by atoms with Gasteiger partial charge in [0.15, 0.2) is 6.67 Å².